The third-order valence-corrected chi connectivity index (χ3v) is 6.18. The lowest BCUT2D eigenvalue weighted by atomic mass is 9.91. The first-order valence-corrected chi connectivity index (χ1v) is 11.5. The predicted molar refractivity (Wildman–Crippen MR) is 130 cm³/mol. The zero-order valence-corrected chi connectivity index (χ0v) is 18.0. The van der Waals surface area contributed by atoms with Crippen LogP contribution in [0.1, 0.15) is 57.4 Å². The molecule has 0 unspecified atom stereocenters. The minimum Gasteiger partial charge on any atom is -0.508 e. The Balaban J connectivity index is 1.62. The fourth-order valence-electron chi connectivity index (χ4n) is 4.52. The van der Waals surface area contributed by atoms with Gasteiger partial charge >= 0.3 is 0 Å². The summed E-state index contributed by atoms with van der Waals surface area (Å²) in [6, 6.07) is 25.6. The zero-order chi connectivity index (χ0) is 20.8. The van der Waals surface area contributed by atoms with Gasteiger partial charge in [-0.25, -0.2) is 0 Å². The summed E-state index contributed by atoms with van der Waals surface area (Å²) in [5, 5.41) is 15.2. The van der Waals surface area contributed by atoms with E-state index in [0.29, 0.717) is 5.75 Å². The van der Waals surface area contributed by atoms with E-state index in [0.717, 1.165) is 6.42 Å². The molecule has 4 aromatic carbocycles. The molecule has 0 saturated carbocycles. The van der Waals surface area contributed by atoms with E-state index in [1.54, 1.807) is 0 Å². The highest BCUT2D eigenvalue weighted by molar-refractivity contribution is 6.05. The number of rotatable bonds is 9. The van der Waals surface area contributed by atoms with Gasteiger partial charge in [0, 0.05) is 0 Å². The summed E-state index contributed by atoms with van der Waals surface area (Å²) in [6.07, 6.45) is 10.1. The molecule has 154 valence electrons. The number of fused-ring (bicyclic) bond motifs is 2. The zero-order valence-electron chi connectivity index (χ0n) is 18.0. The number of phenols is 1. The van der Waals surface area contributed by atoms with Gasteiger partial charge in [0.05, 0.1) is 0 Å². The van der Waals surface area contributed by atoms with E-state index in [-0.39, 0.29) is 0 Å². The normalized spacial score (nSPS) is 11.4. The van der Waals surface area contributed by atoms with Crippen LogP contribution in [0.3, 0.4) is 0 Å². The first-order chi connectivity index (χ1) is 14.8. The Hall–Kier alpha value is -2.80. The van der Waals surface area contributed by atoms with Crippen LogP contribution >= 0.6 is 0 Å². The molecule has 1 N–H and O–H groups in total. The van der Waals surface area contributed by atoms with Gasteiger partial charge in [-0.05, 0) is 75.3 Å². The van der Waals surface area contributed by atoms with Crippen molar-refractivity contribution in [3.05, 3.63) is 78.4 Å². The monoisotopic (exact) mass is 396 g/mol. The molecule has 0 fully saturated rings. The van der Waals surface area contributed by atoms with E-state index in [9.17, 15) is 5.11 Å². The van der Waals surface area contributed by atoms with E-state index in [2.05, 4.69) is 67.6 Å². The van der Waals surface area contributed by atoms with Crippen molar-refractivity contribution in [1.82, 2.24) is 0 Å². The summed E-state index contributed by atoms with van der Waals surface area (Å²) in [5.74, 6) is 0.363. The van der Waals surface area contributed by atoms with E-state index in [1.807, 2.05) is 12.1 Å². The topological polar surface area (TPSA) is 20.2 Å². The Morgan fingerprint density at radius 3 is 2.10 bits per heavy atom. The van der Waals surface area contributed by atoms with Crippen LogP contribution in [0, 0.1) is 0 Å². The van der Waals surface area contributed by atoms with Crippen molar-refractivity contribution < 1.29 is 5.11 Å². The Morgan fingerprint density at radius 2 is 1.30 bits per heavy atom. The minimum absolute atomic E-state index is 0.363. The first kappa shape index (κ1) is 20.5. The standard InChI is InChI=1S/C29H32O/c1-2-3-4-5-6-7-8-14-25-20-26(30)17-18-27(25)28-16-11-15-24-19-22-12-9-10-13-23(22)21-29(24)28/h9-13,15-21,30H,2-8,14H2,1H3. The third kappa shape index (κ3) is 4.67. The van der Waals surface area contributed by atoms with Gasteiger partial charge in [-0.3, -0.25) is 0 Å². The molecule has 0 atom stereocenters. The summed E-state index contributed by atoms with van der Waals surface area (Å²) in [7, 11) is 0. The second-order valence-electron chi connectivity index (χ2n) is 8.44. The number of benzene rings is 4. The number of aryl methyl sites for hydroxylation is 1. The molecule has 0 amide bonds. The summed E-state index contributed by atoms with van der Waals surface area (Å²) in [5.41, 5.74) is 3.76. The molecule has 1 nitrogen and oxygen atoms in total. The molecule has 0 aromatic heterocycles. The van der Waals surface area contributed by atoms with Gasteiger partial charge in [0.15, 0.2) is 0 Å². The molecular weight excluding hydrogens is 364 g/mol. The Kier molecular flexibility index (Phi) is 6.69. The molecule has 4 rings (SSSR count). The van der Waals surface area contributed by atoms with E-state index >= 15 is 0 Å². The lowest BCUT2D eigenvalue weighted by molar-refractivity contribution is 0.474. The van der Waals surface area contributed by atoms with Gasteiger partial charge in [0.1, 0.15) is 5.75 Å². The molecule has 0 saturated heterocycles. The van der Waals surface area contributed by atoms with Crippen molar-refractivity contribution in [2.75, 3.05) is 0 Å². The first-order valence-electron chi connectivity index (χ1n) is 11.5. The van der Waals surface area contributed by atoms with E-state index < -0.39 is 0 Å². The molecule has 0 aliphatic heterocycles. The molecular formula is C29H32O. The summed E-state index contributed by atoms with van der Waals surface area (Å²) in [4.78, 5) is 0. The van der Waals surface area contributed by atoms with Crippen LogP contribution in [0.2, 0.25) is 0 Å². The molecule has 0 heterocycles. The summed E-state index contributed by atoms with van der Waals surface area (Å²) >= 11 is 0. The van der Waals surface area contributed by atoms with Crippen LogP contribution in [-0.4, -0.2) is 5.11 Å². The van der Waals surface area contributed by atoms with E-state index in [1.165, 1.54) is 83.2 Å². The second-order valence-corrected chi connectivity index (χ2v) is 8.44. The predicted octanol–water partition coefficient (Wildman–Crippen LogP) is 8.66. The summed E-state index contributed by atoms with van der Waals surface area (Å²) in [6.45, 7) is 2.26. The van der Waals surface area contributed by atoms with Crippen molar-refractivity contribution in [2.45, 2.75) is 58.3 Å². The fourth-order valence-corrected chi connectivity index (χ4v) is 4.52. The van der Waals surface area contributed by atoms with Crippen molar-refractivity contribution in [2.24, 2.45) is 0 Å². The molecule has 4 aromatic rings. The smallest absolute Gasteiger partial charge is 0.115 e. The van der Waals surface area contributed by atoms with Gasteiger partial charge in [-0.1, -0.05) is 94.0 Å². The van der Waals surface area contributed by atoms with Gasteiger partial charge in [-0.2, -0.15) is 0 Å². The largest absolute Gasteiger partial charge is 0.508 e. The number of hydrogen-bond donors (Lipinski definition) is 1. The minimum atomic E-state index is 0.363. The molecule has 0 bridgehead atoms. The maximum absolute atomic E-state index is 10.1. The maximum atomic E-state index is 10.1. The number of hydrogen-bond acceptors (Lipinski definition) is 1. The lowest BCUT2D eigenvalue weighted by Gasteiger charge is -2.14. The van der Waals surface area contributed by atoms with Crippen LogP contribution in [-0.2, 0) is 6.42 Å². The second kappa shape index (κ2) is 9.80. The highest BCUT2D eigenvalue weighted by Crippen LogP contribution is 2.35. The highest BCUT2D eigenvalue weighted by atomic mass is 16.3. The number of phenolic OH excluding ortho intramolecular Hbond substituents is 1. The maximum Gasteiger partial charge on any atom is 0.115 e. The van der Waals surface area contributed by atoms with Crippen LogP contribution < -0.4 is 0 Å². The van der Waals surface area contributed by atoms with Crippen molar-refractivity contribution in [1.29, 1.82) is 0 Å². The average Bonchev–Trinajstić information content (AvgIpc) is 2.77. The van der Waals surface area contributed by atoms with Crippen LogP contribution in [0.5, 0.6) is 5.75 Å². The van der Waals surface area contributed by atoms with Crippen LogP contribution in [0.15, 0.2) is 72.8 Å². The van der Waals surface area contributed by atoms with Gasteiger partial charge < -0.3 is 5.11 Å². The molecule has 0 radical (unpaired) electrons. The van der Waals surface area contributed by atoms with Crippen LogP contribution in [0.25, 0.3) is 32.7 Å². The van der Waals surface area contributed by atoms with Gasteiger partial charge in [0.25, 0.3) is 0 Å². The Morgan fingerprint density at radius 1 is 0.600 bits per heavy atom. The van der Waals surface area contributed by atoms with Crippen molar-refractivity contribution >= 4 is 21.5 Å². The Labute approximate surface area is 180 Å². The van der Waals surface area contributed by atoms with Gasteiger partial charge in [0.2, 0.25) is 0 Å². The van der Waals surface area contributed by atoms with Crippen LogP contribution in [0.4, 0.5) is 0 Å². The molecule has 0 aliphatic rings. The van der Waals surface area contributed by atoms with E-state index in [4.69, 9.17) is 0 Å². The highest BCUT2D eigenvalue weighted by Gasteiger charge is 2.11. The summed E-state index contributed by atoms with van der Waals surface area (Å²) < 4.78 is 0. The lowest BCUT2D eigenvalue weighted by Crippen LogP contribution is -1.92. The number of aromatic hydroxyl groups is 1. The van der Waals surface area contributed by atoms with Crippen molar-refractivity contribution in [3.8, 4) is 16.9 Å². The molecule has 0 spiro atoms. The molecule has 0 aliphatic carbocycles. The fraction of sp³-hybridized carbons (Fsp3) is 0.310. The average molecular weight is 397 g/mol. The molecule has 30 heavy (non-hydrogen) atoms. The van der Waals surface area contributed by atoms with Gasteiger partial charge in [-0.15, -0.1) is 0 Å². The quantitative estimate of drug-likeness (QED) is 0.222. The molecule has 1 heteroatoms. The third-order valence-electron chi connectivity index (χ3n) is 6.18. The number of unbranched alkanes of at least 4 members (excludes halogenated alkanes) is 6. The Bertz CT molecular complexity index is 1130. The van der Waals surface area contributed by atoms with Crippen molar-refractivity contribution in [3.63, 3.8) is 0 Å². The SMILES string of the molecule is CCCCCCCCCc1cc(O)ccc1-c1cccc2cc3ccccc3cc12.